The van der Waals surface area contributed by atoms with Crippen LogP contribution in [0.25, 0.3) is 0 Å². The first-order chi connectivity index (χ1) is 8.17. The van der Waals surface area contributed by atoms with E-state index in [9.17, 15) is 9.59 Å². The van der Waals surface area contributed by atoms with Gasteiger partial charge in [-0.2, -0.15) is 0 Å². The minimum atomic E-state index is -0.587. The van der Waals surface area contributed by atoms with Crippen molar-refractivity contribution >= 4 is 11.9 Å². The Kier molecular flexibility index (Phi) is 5.97. The van der Waals surface area contributed by atoms with Gasteiger partial charge in [-0.25, -0.2) is 0 Å². The third kappa shape index (κ3) is 4.73. The van der Waals surface area contributed by atoms with E-state index in [4.69, 9.17) is 4.74 Å². The minimum Gasteiger partial charge on any atom is -0.469 e. The number of carbonyl (C=O) groups is 2. The van der Waals surface area contributed by atoms with Gasteiger partial charge in [0, 0.05) is 6.04 Å². The first-order valence-electron chi connectivity index (χ1n) is 6.08. The number of carbonyl (C=O) groups excluding carboxylic acids is 2. The molecule has 0 spiro atoms. The summed E-state index contributed by atoms with van der Waals surface area (Å²) in [5.74, 6) is -0.801. The lowest BCUT2D eigenvalue weighted by molar-refractivity contribution is -0.149. The molecule has 1 saturated carbocycles. The molecular weight excluding hydrogens is 222 g/mol. The van der Waals surface area contributed by atoms with Crippen LogP contribution in [0.5, 0.6) is 0 Å². The van der Waals surface area contributed by atoms with Gasteiger partial charge in [-0.3, -0.25) is 9.59 Å². The molecule has 0 aliphatic heterocycles. The quantitative estimate of drug-likeness (QED) is 0.730. The monoisotopic (exact) mass is 243 g/mol. The summed E-state index contributed by atoms with van der Waals surface area (Å²) in [7, 11) is 2.65. The number of esters is 2. The molecule has 98 valence electrons. The van der Waals surface area contributed by atoms with Crippen LogP contribution < -0.4 is 5.32 Å². The first-order valence-corrected chi connectivity index (χ1v) is 6.08. The van der Waals surface area contributed by atoms with E-state index in [0.717, 1.165) is 12.8 Å². The van der Waals surface area contributed by atoms with Crippen LogP contribution in [0.2, 0.25) is 0 Å². The summed E-state index contributed by atoms with van der Waals surface area (Å²) in [6.45, 7) is 0. The maximum atomic E-state index is 11.5. The zero-order valence-corrected chi connectivity index (χ0v) is 10.5. The molecule has 0 saturated heterocycles. The Morgan fingerprint density at radius 2 is 1.82 bits per heavy atom. The third-order valence-electron chi connectivity index (χ3n) is 3.13. The van der Waals surface area contributed by atoms with Gasteiger partial charge >= 0.3 is 11.9 Å². The van der Waals surface area contributed by atoms with E-state index in [1.54, 1.807) is 0 Å². The molecular formula is C12H21NO4. The van der Waals surface area contributed by atoms with Crippen LogP contribution in [0, 0.1) is 0 Å². The maximum Gasteiger partial charge on any atom is 0.323 e. The van der Waals surface area contributed by atoms with Gasteiger partial charge < -0.3 is 14.8 Å². The molecule has 0 aromatic heterocycles. The van der Waals surface area contributed by atoms with E-state index in [2.05, 4.69) is 10.1 Å². The normalized spacial score (nSPS) is 18.5. The zero-order valence-electron chi connectivity index (χ0n) is 10.5. The molecule has 5 heteroatoms. The molecule has 0 aromatic rings. The van der Waals surface area contributed by atoms with Crippen molar-refractivity contribution in [3.63, 3.8) is 0 Å². The Bertz CT molecular complexity index is 261. The van der Waals surface area contributed by atoms with E-state index in [0.29, 0.717) is 6.04 Å². The molecule has 0 radical (unpaired) electrons. The summed E-state index contributed by atoms with van der Waals surface area (Å²) in [6.07, 6.45) is 5.72. The Morgan fingerprint density at radius 1 is 1.18 bits per heavy atom. The van der Waals surface area contributed by atoms with Crippen molar-refractivity contribution in [1.82, 2.24) is 5.32 Å². The molecule has 1 atom stereocenters. The molecule has 1 N–H and O–H groups in total. The molecule has 5 nitrogen and oxygen atoms in total. The van der Waals surface area contributed by atoms with Crippen LogP contribution in [-0.2, 0) is 19.1 Å². The Morgan fingerprint density at radius 3 is 2.35 bits per heavy atom. The van der Waals surface area contributed by atoms with Gasteiger partial charge in [0.05, 0.1) is 20.6 Å². The Balaban J connectivity index is 2.49. The van der Waals surface area contributed by atoms with Crippen molar-refractivity contribution in [1.29, 1.82) is 0 Å². The third-order valence-corrected chi connectivity index (χ3v) is 3.13. The van der Waals surface area contributed by atoms with Crippen molar-refractivity contribution in [3.8, 4) is 0 Å². The average Bonchev–Trinajstić information content (AvgIpc) is 2.38. The zero-order chi connectivity index (χ0) is 12.7. The molecule has 1 fully saturated rings. The molecule has 0 bridgehead atoms. The number of hydrogen-bond donors (Lipinski definition) is 1. The van der Waals surface area contributed by atoms with Crippen LogP contribution in [0.15, 0.2) is 0 Å². The summed E-state index contributed by atoms with van der Waals surface area (Å²) in [6, 6.07) is -0.284. The Labute approximate surface area is 102 Å². The lowest BCUT2D eigenvalue weighted by atomic mass is 9.94. The minimum absolute atomic E-state index is 0.0275. The first kappa shape index (κ1) is 14.0. The molecule has 1 aliphatic rings. The maximum absolute atomic E-state index is 11.5. The lowest BCUT2D eigenvalue weighted by Gasteiger charge is -2.26. The van der Waals surface area contributed by atoms with Crippen molar-refractivity contribution < 1.29 is 19.1 Å². The molecule has 0 aromatic carbocycles. The molecule has 17 heavy (non-hydrogen) atoms. The molecule has 0 heterocycles. The van der Waals surface area contributed by atoms with Gasteiger partial charge in [0.15, 0.2) is 0 Å². The van der Waals surface area contributed by atoms with Crippen LogP contribution in [0.1, 0.15) is 38.5 Å². The molecule has 1 unspecified atom stereocenters. The number of nitrogens with one attached hydrogen (secondary N) is 1. The highest BCUT2D eigenvalue weighted by Crippen LogP contribution is 2.18. The summed E-state index contributed by atoms with van der Waals surface area (Å²) < 4.78 is 9.27. The number of hydrogen-bond acceptors (Lipinski definition) is 5. The van der Waals surface area contributed by atoms with E-state index in [1.807, 2.05) is 0 Å². The SMILES string of the molecule is COC(=O)CC(NC1CCCCC1)C(=O)OC. The van der Waals surface area contributed by atoms with Crippen LogP contribution in [0.3, 0.4) is 0 Å². The van der Waals surface area contributed by atoms with Gasteiger partial charge in [-0.15, -0.1) is 0 Å². The van der Waals surface area contributed by atoms with Gasteiger partial charge in [-0.1, -0.05) is 19.3 Å². The fourth-order valence-corrected chi connectivity index (χ4v) is 2.16. The smallest absolute Gasteiger partial charge is 0.323 e. The highest BCUT2D eigenvalue weighted by molar-refractivity contribution is 5.82. The largest absolute Gasteiger partial charge is 0.469 e. The van der Waals surface area contributed by atoms with Crippen LogP contribution >= 0.6 is 0 Å². The van der Waals surface area contributed by atoms with Crippen molar-refractivity contribution in [2.24, 2.45) is 0 Å². The number of ether oxygens (including phenoxy) is 2. The number of rotatable bonds is 5. The summed E-state index contributed by atoms with van der Waals surface area (Å²) >= 11 is 0. The molecule has 1 rings (SSSR count). The topological polar surface area (TPSA) is 64.6 Å². The highest BCUT2D eigenvalue weighted by Gasteiger charge is 2.26. The second-order valence-electron chi connectivity index (χ2n) is 4.36. The van der Waals surface area contributed by atoms with Crippen LogP contribution in [0.4, 0.5) is 0 Å². The van der Waals surface area contributed by atoms with Gasteiger partial charge in [0.1, 0.15) is 6.04 Å². The number of methoxy groups -OCH3 is 2. The lowest BCUT2D eigenvalue weighted by Crippen LogP contribution is -2.46. The fraction of sp³-hybridized carbons (Fsp3) is 0.833. The van der Waals surface area contributed by atoms with E-state index in [1.165, 1.54) is 33.5 Å². The van der Waals surface area contributed by atoms with Gasteiger partial charge in [0.2, 0.25) is 0 Å². The van der Waals surface area contributed by atoms with Crippen molar-refractivity contribution in [2.75, 3.05) is 14.2 Å². The Hall–Kier alpha value is -1.10. The second-order valence-corrected chi connectivity index (χ2v) is 4.36. The van der Waals surface area contributed by atoms with Crippen molar-refractivity contribution in [2.45, 2.75) is 50.6 Å². The molecule has 1 aliphatic carbocycles. The average molecular weight is 243 g/mol. The van der Waals surface area contributed by atoms with Gasteiger partial charge in [-0.05, 0) is 12.8 Å². The van der Waals surface area contributed by atoms with E-state index in [-0.39, 0.29) is 6.42 Å². The van der Waals surface area contributed by atoms with Crippen LogP contribution in [-0.4, -0.2) is 38.2 Å². The van der Waals surface area contributed by atoms with E-state index < -0.39 is 18.0 Å². The highest BCUT2D eigenvalue weighted by atomic mass is 16.5. The fourth-order valence-electron chi connectivity index (χ4n) is 2.16. The van der Waals surface area contributed by atoms with E-state index >= 15 is 0 Å². The predicted molar refractivity (Wildman–Crippen MR) is 62.4 cm³/mol. The second kappa shape index (κ2) is 7.27. The standard InChI is InChI=1S/C12H21NO4/c1-16-11(14)8-10(12(15)17-2)13-9-6-4-3-5-7-9/h9-10,13H,3-8H2,1-2H3. The molecule has 0 amide bonds. The predicted octanol–water partition coefficient (Wildman–Crippen LogP) is 1.01. The van der Waals surface area contributed by atoms with Crippen molar-refractivity contribution in [3.05, 3.63) is 0 Å². The van der Waals surface area contributed by atoms with Gasteiger partial charge in [0.25, 0.3) is 0 Å². The summed E-state index contributed by atoms with van der Waals surface area (Å²) in [5.41, 5.74) is 0. The summed E-state index contributed by atoms with van der Waals surface area (Å²) in [4.78, 5) is 22.8. The summed E-state index contributed by atoms with van der Waals surface area (Å²) in [5, 5.41) is 3.20.